The van der Waals surface area contributed by atoms with Crippen LogP contribution in [0.4, 0.5) is 14.6 Å². The number of carbonyl (C=O) groups is 1. The van der Waals surface area contributed by atoms with Crippen molar-refractivity contribution in [3.8, 4) is 17.2 Å². The molecule has 1 aromatic carbocycles. The van der Waals surface area contributed by atoms with Gasteiger partial charge in [0.25, 0.3) is 5.91 Å². The van der Waals surface area contributed by atoms with Gasteiger partial charge in [0.05, 0.1) is 12.8 Å². The predicted molar refractivity (Wildman–Crippen MR) is 117 cm³/mol. The first kappa shape index (κ1) is 25.1. The van der Waals surface area contributed by atoms with E-state index in [0.29, 0.717) is 5.82 Å². The highest BCUT2D eigenvalue weighted by molar-refractivity contribution is 7.90. The molecule has 0 saturated heterocycles. The number of amides is 1. The van der Waals surface area contributed by atoms with E-state index in [1.54, 1.807) is 19.3 Å². The molecule has 34 heavy (non-hydrogen) atoms. The van der Waals surface area contributed by atoms with Crippen LogP contribution >= 0.6 is 0 Å². The molecule has 0 aliphatic carbocycles. The van der Waals surface area contributed by atoms with Gasteiger partial charge in [-0.15, -0.1) is 0 Å². The second-order valence-electron chi connectivity index (χ2n) is 7.25. The van der Waals surface area contributed by atoms with Crippen molar-refractivity contribution in [2.24, 2.45) is 7.05 Å². The van der Waals surface area contributed by atoms with Crippen LogP contribution in [0.15, 0.2) is 53.8 Å². The van der Waals surface area contributed by atoms with Crippen LogP contribution in [0.1, 0.15) is 17.3 Å². The maximum Gasteiger partial charge on any atom is 0.345 e. The molecule has 3 rings (SSSR count). The summed E-state index contributed by atoms with van der Waals surface area (Å²) < 4.78 is 64.9. The molecule has 10 nitrogen and oxygen atoms in total. The van der Waals surface area contributed by atoms with Crippen molar-refractivity contribution < 1.29 is 36.2 Å². The van der Waals surface area contributed by atoms with Crippen molar-refractivity contribution in [2.45, 2.75) is 24.7 Å². The van der Waals surface area contributed by atoms with Crippen molar-refractivity contribution >= 4 is 21.6 Å². The van der Waals surface area contributed by atoms with Crippen LogP contribution in [0, 0.1) is 0 Å². The molecule has 1 atom stereocenters. The van der Waals surface area contributed by atoms with Gasteiger partial charge in [-0.3, -0.25) is 9.48 Å². The third-order valence-electron chi connectivity index (χ3n) is 4.22. The van der Waals surface area contributed by atoms with E-state index in [9.17, 15) is 22.0 Å². The molecule has 13 heteroatoms. The molecule has 0 unspecified atom stereocenters. The van der Waals surface area contributed by atoms with Crippen molar-refractivity contribution in [1.29, 1.82) is 0 Å². The number of hydrogen-bond donors (Lipinski definition) is 1. The fraction of sp³-hybridized carbons (Fsp3) is 0.286. The van der Waals surface area contributed by atoms with Gasteiger partial charge in [0.1, 0.15) is 23.4 Å². The van der Waals surface area contributed by atoms with E-state index >= 15 is 0 Å². The molecule has 0 saturated carbocycles. The number of nitrogens with zero attached hydrogens (tertiary/aromatic N) is 3. The molecule has 0 bridgehead atoms. The fourth-order valence-electron chi connectivity index (χ4n) is 2.76. The Bertz CT molecular complexity index is 1250. The molecule has 0 fully saturated rings. The number of halogens is 2. The van der Waals surface area contributed by atoms with E-state index in [1.165, 1.54) is 48.1 Å². The number of nitrogens with one attached hydrogen (secondary N) is 1. The van der Waals surface area contributed by atoms with Crippen LogP contribution in [0.5, 0.6) is 17.2 Å². The van der Waals surface area contributed by atoms with Gasteiger partial charge in [-0.2, -0.15) is 13.9 Å². The minimum absolute atomic E-state index is 0.125. The first-order valence-electron chi connectivity index (χ1n) is 9.86. The van der Waals surface area contributed by atoms with Gasteiger partial charge in [-0.05, 0) is 31.2 Å². The van der Waals surface area contributed by atoms with Crippen LogP contribution in [0.2, 0.25) is 0 Å². The second-order valence-corrected chi connectivity index (χ2v) is 9.21. The van der Waals surface area contributed by atoms with Crippen LogP contribution in [-0.2, 0) is 21.6 Å². The lowest BCUT2D eigenvalue weighted by atomic mass is 10.2. The summed E-state index contributed by atoms with van der Waals surface area (Å²) in [6.07, 6.45) is 3.15. The fourth-order valence-corrected chi connectivity index (χ4v) is 3.32. The zero-order chi connectivity index (χ0) is 24.9. The van der Waals surface area contributed by atoms with Gasteiger partial charge < -0.3 is 19.5 Å². The molecule has 0 radical (unpaired) electrons. The highest BCUT2D eigenvalue weighted by Crippen LogP contribution is 2.29. The summed E-state index contributed by atoms with van der Waals surface area (Å²) in [5.41, 5.74) is 0.140. The quantitative estimate of drug-likeness (QED) is 0.454. The molecule has 1 amide bonds. The molecule has 0 aliphatic rings. The molecule has 182 valence electrons. The zero-order valence-electron chi connectivity index (χ0n) is 18.4. The van der Waals surface area contributed by atoms with Crippen LogP contribution in [0.3, 0.4) is 0 Å². The third-order valence-corrected chi connectivity index (χ3v) is 5.22. The van der Waals surface area contributed by atoms with Crippen molar-refractivity contribution in [2.75, 3.05) is 18.2 Å². The molecule has 2 heterocycles. The standard InChI is InChI=1S/C21H22F2N4O6S/c1-13(12-31-21(22)23)32-16-8-14(20(28)25-18-6-7-27(2)26-18)9-17(10-16)33-15-4-5-19(24-11-15)34(3,29)30/h4-11,13,21H,12H2,1-3H3,(H,25,26,28)/t13-/m0/s1. The summed E-state index contributed by atoms with van der Waals surface area (Å²) in [6, 6.07) is 8.58. The SMILES string of the molecule is C[C@@H](COC(F)F)Oc1cc(Oc2ccc(S(C)(=O)=O)nc2)cc(C(=O)Nc2ccn(C)n2)c1. The Hall–Kier alpha value is -3.58. The van der Waals surface area contributed by atoms with E-state index < -0.39 is 28.5 Å². The number of aromatic nitrogens is 3. The van der Waals surface area contributed by atoms with Gasteiger partial charge in [0.15, 0.2) is 20.7 Å². The highest BCUT2D eigenvalue weighted by Gasteiger charge is 2.16. The molecule has 0 spiro atoms. The molecule has 2 aromatic heterocycles. The van der Waals surface area contributed by atoms with E-state index in [0.717, 1.165) is 6.26 Å². The summed E-state index contributed by atoms with van der Waals surface area (Å²) in [5.74, 6) is 0.334. The minimum atomic E-state index is -3.48. The van der Waals surface area contributed by atoms with Gasteiger partial charge >= 0.3 is 6.61 Å². The Morgan fingerprint density at radius 3 is 2.47 bits per heavy atom. The van der Waals surface area contributed by atoms with Gasteiger partial charge in [0.2, 0.25) is 0 Å². The topological polar surface area (TPSA) is 122 Å². The normalized spacial score (nSPS) is 12.4. The first-order valence-corrected chi connectivity index (χ1v) is 11.7. The number of pyridine rings is 1. The number of anilines is 1. The number of hydrogen-bond acceptors (Lipinski definition) is 8. The lowest BCUT2D eigenvalue weighted by molar-refractivity contribution is -0.142. The van der Waals surface area contributed by atoms with Gasteiger partial charge in [0, 0.05) is 37.2 Å². The van der Waals surface area contributed by atoms with Gasteiger partial charge in [-0.25, -0.2) is 13.4 Å². The monoisotopic (exact) mass is 496 g/mol. The smallest absolute Gasteiger partial charge is 0.345 e. The van der Waals surface area contributed by atoms with Crippen molar-refractivity contribution in [3.63, 3.8) is 0 Å². The number of ether oxygens (including phenoxy) is 3. The summed E-state index contributed by atoms with van der Waals surface area (Å²) in [6.45, 7) is -1.80. The molecular weight excluding hydrogens is 474 g/mol. The Morgan fingerprint density at radius 2 is 1.88 bits per heavy atom. The summed E-state index contributed by atoms with van der Waals surface area (Å²) in [4.78, 5) is 16.6. The van der Waals surface area contributed by atoms with E-state index in [4.69, 9.17) is 9.47 Å². The Labute approximate surface area is 194 Å². The average Bonchev–Trinajstić information content (AvgIpc) is 3.16. The summed E-state index contributed by atoms with van der Waals surface area (Å²) >= 11 is 0. The van der Waals surface area contributed by atoms with Crippen molar-refractivity contribution in [3.05, 3.63) is 54.4 Å². The number of rotatable bonds is 10. The van der Waals surface area contributed by atoms with Crippen LogP contribution < -0.4 is 14.8 Å². The molecule has 0 aliphatic heterocycles. The maximum absolute atomic E-state index is 12.8. The number of alkyl halides is 2. The number of benzene rings is 1. The van der Waals surface area contributed by atoms with E-state index in [1.807, 2.05) is 0 Å². The van der Waals surface area contributed by atoms with Crippen LogP contribution in [-0.4, -0.2) is 54.7 Å². The van der Waals surface area contributed by atoms with E-state index in [-0.39, 0.29) is 34.4 Å². The Balaban J connectivity index is 1.85. The Morgan fingerprint density at radius 1 is 1.15 bits per heavy atom. The number of carbonyl (C=O) groups excluding carboxylic acids is 1. The predicted octanol–water partition coefficient (Wildman–Crippen LogP) is 3.27. The summed E-state index contributed by atoms with van der Waals surface area (Å²) in [7, 11) is -1.79. The highest BCUT2D eigenvalue weighted by atomic mass is 32.2. The number of aryl methyl sites for hydroxylation is 1. The molecular formula is C21H22F2N4O6S. The van der Waals surface area contributed by atoms with Gasteiger partial charge in [-0.1, -0.05) is 0 Å². The lowest BCUT2D eigenvalue weighted by Gasteiger charge is -2.17. The minimum Gasteiger partial charge on any atom is -0.488 e. The van der Waals surface area contributed by atoms with Crippen LogP contribution in [0.25, 0.3) is 0 Å². The number of sulfone groups is 1. The maximum atomic E-state index is 12.8. The molecule has 3 aromatic rings. The van der Waals surface area contributed by atoms with Crippen molar-refractivity contribution in [1.82, 2.24) is 14.8 Å². The Kier molecular flexibility index (Phi) is 7.79. The second kappa shape index (κ2) is 10.6. The zero-order valence-corrected chi connectivity index (χ0v) is 19.3. The van der Waals surface area contributed by atoms with E-state index in [2.05, 4.69) is 20.1 Å². The third kappa shape index (κ3) is 7.22. The lowest BCUT2D eigenvalue weighted by Crippen LogP contribution is -2.21. The average molecular weight is 496 g/mol. The first-order chi connectivity index (χ1) is 16.0. The summed E-state index contributed by atoms with van der Waals surface area (Å²) in [5, 5.41) is 6.59. The largest absolute Gasteiger partial charge is 0.488 e. The molecule has 1 N–H and O–H groups in total.